The number of nitrogens with zero attached hydrogens (tertiary/aromatic N) is 11. The molecule has 0 spiro atoms. The van der Waals surface area contributed by atoms with E-state index in [1.165, 1.54) is 46.1 Å². The first kappa shape index (κ1) is 58.4. The van der Waals surface area contributed by atoms with Crippen molar-refractivity contribution in [3.8, 4) is 0 Å². The number of nitrogens with one attached hydrogen (secondary N) is 2. The minimum Gasteiger partial charge on any atom is -0.387 e. The van der Waals surface area contributed by atoms with Crippen molar-refractivity contribution in [2.45, 2.75) is 73.5 Å². The number of methoxy groups -OCH3 is 1. The molecular weight excluding hydrogens is 1160 g/mol. The number of hydrogen-bond donors (Lipinski definition) is 12. The number of imidazole rings is 3. The molecule has 0 bridgehead atoms. The van der Waals surface area contributed by atoms with E-state index < -0.39 is 145 Å². The number of phosphoric ester groups is 1. The van der Waals surface area contributed by atoms with Crippen molar-refractivity contribution in [3.05, 3.63) is 46.0 Å². The number of aromatic nitrogens is 12. The fourth-order valence-corrected chi connectivity index (χ4v) is 17.0. The Balaban J connectivity index is 0.897. The number of carbonyl (C=O) groups is 1. The summed E-state index contributed by atoms with van der Waals surface area (Å²) in [6, 6.07) is 0. The van der Waals surface area contributed by atoms with E-state index in [1.54, 1.807) is 0 Å². The highest BCUT2D eigenvalue weighted by Gasteiger charge is 2.58. The molecular formula is C36H51N16O22P4S+. The minimum atomic E-state index is -6.15. The first-order chi connectivity index (χ1) is 37.0. The number of carbonyl (C=O) groups excluding carboxylic acids is 1. The van der Waals surface area contributed by atoms with Gasteiger partial charge in [0, 0.05) is 39.3 Å². The van der Waals surface area contributed by atoms with Crippen LogP contribution in [0.3, 0.4) is 0 Å². The Morgan fingerprint density at radius 3 is 2.14 bits per heavy atom. The number of anilines is 3. The van der Waals surface area contributed by atoms with Crippen LogP contribution in [0.1, 0.15) is 25.1 Å². The van der Waals surface area contributed by atoms with E-state index in [0.29, 0.717) is 0 Å². The summed E-state index contributed by atoms with van der Waals surface area (Å²) in [5.74, 6) is -2.99. The van der Waals surface area contributed by atoms with Crippen LogP contribution in [-0.2, 0) is 66.7 Å². The number of rotatable bonds is 20. The predicted molar refractivity (Wildman–Crippen MR) is 265 cm³/mol. The third kappa shape index (κ3) is 11.7. The van der Waals surface area contributed by atoms with Crippen molar-refractivity contribution < 1.29 is 99.1 Å². The molecule has 3 saturated heterocycles. The number of phosphoric acid groups is 2. The van der Waals surface area contributed by atoms with Gasteiger partial charge >= 0.3 is 35.7 Å². The highest BCUT2D eigenvalue weighted by atomic mass is 32.7. The monoisotopic (exact) mass is 1220 g/mol. The first-order valence-corrected chi connectivity index (χ1v) is 30.6. The number of aliphatic hydroxyl groups is 3. The number of nitrogens with two attached hydrogens (primary N) is 3. The van der Waals surface area contributed by atoms with Gasteiger partial charge in [-0.25, -0.2) is 38.2 Å². The number of aliphatic hydroxyl groups excluding tert-OH is 3. The van der Waals surface area contributed by atoms with Gasteiger partial charge in [0.05, 0.1) is 39.0 Å². The largest absolute Gasteiger partial charge is 0.488 e. The van der Waals surface area contributed by atoms with Crippen LogP contribution in [0.4, 0.5) is 17.7 Å². The first-order valence-electron chi connectivity index (χ1n) is 22.8. The van der Waals surface area contributed by atoms with Gasteiger partial charge in [0.1, 0.15) is 54.1 Å². The van der Waals surface area contributed by atoms with E-state index in [0.717, 1.165) is 30.7 Å². The van der Waals surface area contributed by atoms with Crippen LogP contribution in [0.5, 0.6) is 0 Å². The van der Waals surface area contributed by atoms with Gasteiger partial charge in [0.25, 0.3) is 17.1 Å². The molecule has 432 valence electrons. The van der Waals surface area contributed by atoms with Crippen molar-refractivity contribution in [2.75, 3.05) is 57.4 Å². The molecule has 9 rings (SSSR count). The van der Waals surface area contributed by atoms with Crippen LogP contribution >= 0.6 is 41.4 Å². The summed E-state index contributed by atoms with van der Waals surface area (Å²) in [7, 11) is -12.0. The van der Waals surface area contributed by atoms with Crippen LogP contribution in [0, 0.1) is 5.92 Å². The summed E-state index contributed by atoms with van der Waals surface area (Å²) in [5, 5.41) is 33.5. The fourth-order valence-electron chi connectivity index (χ4n) is 9.21. The Labute approximate surface area is 444 Å². The Bertz CT molecular complexity index is 3640. The highest BCUT2D eigenvalue weighted by molar-refractivity contribution is 8.55. The lowest BCUT2D eigenvalue weighted by molar-refractivity contribution is -0.745. The maximum atomic E-state index is 14.5. The third-order valence-corrected chi connectivity index (χ3v) is 21.3. The zero-order chi connectivity index (χ0) is 57.4. The molecule has 15 N–H and O–H groups in total. The zero-order valence-corrected chi connectivity index (χ0v) is 45.6. The molecule has 0 aliphatic carbocycles. The number of hydrogen-bond acceptors (Lipinski definition) is 28. The molecule has 0 radical (unpaired) electrons. The molecule has 79 heavy (non-hydrogen) atoms. The summed E-state index contributed by atoms with van der Waals surface area (Å²) < 4.78 is 102. The van der Waals surface area contributed by atoms with Gasteiger partial charge in [-0.05, 0) is 11.4 Å². The Kier molecular flexibility index (Phi) is 16.2. The molecule has 4 unspecified atom stereocenters. The maximum absolute atomic E-state index is 14.5. The zero-order valence-electron chi connectivity index (χ0n) is 41.2. The van der Waals surface area contributed by atoms with Crippen LogP contribution in [0.25, 0.3) is 33.5 Å². The molecule has 6 aromatic rings. The molecule has 9 heterocycles. The molecule has 6 aromatic heterocycles. The number of ether oxygens (including phenoxy) is 4. The number of aryl methyl sites for hydroxylation is 1. The van der Waals surface area contributed by atoms with Crippen molar-refractivity contribution in [2.24, 2.45) is 13.0 Å². The van der Waals surface area contributed by atoms with E-state index in [9.17, 15) is 67.5 Å². The van der Waals surface area contributed by atoms with Crippen LogP contribution in [0.15, 0.2) is 34.9 Å². The molecule has 3 aliphatic rings. The van der Waals surface area contributed by atoms with Gasteiger partial charge in [-0.2, -0.15) is 13.6 Å². The lowest BCUT2D eigenvalue weighted by atomic mass is 9.94. The van der Waals surface area contributed by atoms with E-state index in [4.69, 9.17) is 45.2 Å². The number of H-pyrrole nitrogens is 2. The van der Waals surface area contributed by atoms with Gasteiger partial charge < -0.3 is 80.5 Å². The molecule has 1 amide bonds. The normalized spacial score (nSPS) is 29.5. The summed E-state index contributed by atoms with van der Waals surface area (Å²) in [6.07, 6.45) is -11.7. The average Bonchev–Trinajstić information content (AvgIpc) is 4.43. The van der Waals surface area contributed by atoms with Crippen LogP contribution in [-0.4, -0.2) is 188 Å². The van der Waals surface area contributed by atoms with Crippen LogP contribution < -0.4 is 32.9 Å². The van der Waals surface area contributed by atoms with E-state index >= 15 is 0 Å². The van der Waals surface area contributed by atoms with Gasteiger partial charge in [0.2, 0.25) is 23.6 Å². The van der Waals surface area contributed by atoms with Crippen molar-refractivity contribution in [3.63, 3.8) is 0 Å². The second-order valence-corrected chi connectivity index (χ2v) is 27.3. The molecule has 0 saturated carbocycles. The number of fused-ring (bicyclic) bond motifs is 3. The highest BCUT2D eigenvalue weighted by Crippen LogP contribution is 2.72. The lowest BCUT2D eigenvalue weighted by Crippen LogP contribution is -2.45. The average molecular weight is 1220 g/mol. The quantitative estimate of drug-likeness (QED) is 0.0265. The smallest absolute Gasteiger partial charge is 0.387 e. The molecule has 43 heteroatoms. The standard InChI is InChI=1S/C36H50N16O22P4S/c1-48(2)17(53)5-13-16(72-32(21(13)54)52-12-49(3)20-29(52)45-36(39)47-31(20)58)8-79-78(65,66)74-77(63,64)73-76(61,62)69-7-15-25(24(67-4)34(71-15)50-10-42-18-26(37)40-9-41-27(18)50)75(59,60)68-6-14-22(55)23(56)33(70-14)51-11-43-19-28(51)44-35(38)46-30(19)57/h9-16,21-25,32-34,54-56H,5-8H2,1-4H3,(H11-,37,38,39,40,41,44,45,46,47,57,58,59,60,61,62,63,64,65,66)/p+1/t13-,14-,15-,16-,21-,22-,23-,24-,25-,32-,33-,34-/m1/s1. The molecule has 16 atom stereocenters. The van der Waals surface area contributed by atoms with Gasteiger partial charge in [-0.1, -0.05) is 4.98 Å². The fraction of sp³-hybridized carbons (Fsp3) is 0.556. The summed E-state index contributed by atoms with van der Waals surface area (Å²) in [5.41, 5.74) is 13.8. The Hall–Kier alpha value is -5.21. The summed E-state index contributed by atoms with van der Waals surface area (Å²) in [6.45, 7) is -7.72. The lowest BCUT2D eigenvalue weighted by Gasteiger charge is -2.28. The molecule has 3 fully saturated rings. The second-order valence-electron chi connectivity index (χ2n) is 18.1. The number of nitrogen functional groups attached to an aromatic ring is 3. The number of aromatic amines is 2. The Morgan fingerprint density at radius 2 is 1.44 bits per heavy atom. The topological polar surface area (TPSA) is 544 Å². The maximum Gasteiger partial charge on any atom is 0.488 e. The summed E-state index contributed by atoms with van der Waals surface area (Å²) >= 11 is -0.0594. The van der Waals surface area contributed by atoms with Crippen molar-refractivity contribution in [1.29, 1.82) is 0 Å². The van der Waals surface area contributed by atoms with Crippen LogP contribution in [0.2, 0.25) is 0 Å². The van der Waals surface area contributed by atoms with E-state index in [1.807, 2.05) is 0 Å². The minimum absolute atomic E-state index is 0.000334. The van der Waals surface area contributed by atoms with E-state index in [-0.39, 0.29) is 62.6 Å². The molecule has 38 nitrogen and oxygen atoms in total. The molecule has 0 aromatic carbocycles. The summed E-state index contributed by atoms with van der Waals surface area (Å²) in [4.78, 5) is 112. The van der Waals surface area contributed by atoms with Gasteiger partial charge in [-0.15, -0.1) is 0 Å². The van der Waals surface area contributed by atoms with Crippen molar-refractivity contribution in [1.82, 2.24) is 58.5 Å². The van der Waals surface area contributed by atoms with E-state index in [2.05, 4.69) is 48.5 Å². The van der Waals surface area contributed by atoms with Gasteiger partial charge in [0.15, 0.2) is 41.4 Å². The molecule has 3 aliphatic heterocycles. The number of amides is 1. The SMILES string of the molecule is CO[C@@H]1[C@H](P(=O)(O)OC[C@H]2O[C@@H](n3cnc4c(=O)[nH]c(N)nc43)[C@H](O)[C@@H]2O)[C@@H](COP(=O)(O)OP(=O)(O)OP(=O)(O)SC[C@H]2O[C@@H]([n+]3cn(C)c4c(=O)[nH]c(N)nc43)[C@H](O)[C@@H]2CC(=O)N(C)C)O[C@H]1n1cnc2c(N)ncnc21. The van der Waals surface area contributed by atoms with Gasteiger partial charge in [-0.3, -0.25) is 47.1 Å². The predicted octanol–water partition coefficient (Wildman–Crippen LogP) is -3.19. The third-order valence-electron chi connectivity index (χ3n) is 12.8. The Morgan fingerprint density at radius 1 is 0.797 bits per heavy atom. The second kappa shape index (κ2) is 21.9. The van der Waals surface area contributed by atoms with Crippen molar-refractivity contribution >= 4 is 98.5 Å².